The van der Waals surface area contributed by atoms with Crippen molar-refractivity contribution in [1.82, 2.24) is 0 Å². The molecule has 0 radical (unpaired) electrons. The SMILES string of the molecule is Oc1ccc(-c2ccccc2)c(F)c1-c1ccccc1. The predicted molar refractivity (Wildman–Crippen MR) is 78.9 cm³/mol. The lowest BCUT2D eigenvalue weighted by Crippen LogP contribution is -1.90. The summed E-state index contributed by atoms with van der Waals surface area (Å²) >= 11 is 0. The second kappa shape index (κ2) is 5.17. The van der Waals surface area contributed by atoms with Crippen LogP contribution in [0.25, 0.3) is 22.3 Å². The van der Waals surface area contributed by atoms with Crippen molar-refractivity contribution in [2.45, 2.75) is 0 Å². The Morgan fingerprint density at radius 2 is 1.20 bits per heavy atom. The zero-order chi connectivity index (χ0) is 13.9. The van der Waals surface area contributed by atoms with Gasteiger partial charge in [0.25, 0.3) is 0 Å². The quantitative estimate of drug-likeness (QED) is 0.700. The molecule has 1 nitrogen and oxygen atoms in total. The van der Waals surface area contributed by atoms with Gasteiger partial charge in [-0.3, -0.25) is 0 Å². The van der Waals surface area contributed by atoms with Crippen LogP contribution in [0.4, 0.5) is 4.39 Å². The minimum absolute atomic E-state index is 0.0478. The maximum Gasteiger partial charge on any atom is 0.142 e. The number of rotatable bonds is 2. The van der Waals surface area contributed by atoms with Crippen LogP contribution >= 0.6 is 0 Å². The Balaban J connectivity index is 2.22. The topological polar surface area (TPSA) is 20.2 Å². The highest BCUT2D eigenvalue weighted by atomic mass is 19.1. The van der Waals surface area contributed by atoms with Crippen molar-refractivity contribution in [2.75, 3.05) is 0 Å². The molecule has 0 saturated carbocycles. The monoisotopic (exact) mass is 264 g/mol. The number of phenolic OH excluding ortho intramolecular Hbond substituents is 1. The van der Waals surface area contributed by atoms with Gasteiger partial charge in [0.05, 0.1) is 5.56 Å². The van der Waals surface area contributed by atoms with E-state index >= 15 is 0 Å². The van der Waals surface area contributed by atoms with E-state index < -0.39 is 5.82 Å². The molecule has 0 unspecified atom stereocenters. The van der Waals surface area contributed by atoms with E-state index in [2.05, 4.69) is 0 Å². The maximum absolute atomic E-state index is 14.7. The fraction of sp³-hybridized carbons (Fsp3) is 0. The van der Waals surface area contributed by atoms with E-state index in [1.54, 1.807) is 18.2 Å². The van der Waals surface area contributed by atoms with Crippen molar-refractivity contribution < 1.29 is 9.50 Å². The number of benzene rings is 3. The van der Waals surface area contributed by atoms with Gasteiger partial charge in [-0.15, -0.1) is 0 Å². The zero-order valence-electron chi connectivity index (χ0n) is 10.8. The minimum atomic E-state index is -0.401. The highest BCUT2D eigenvalue weighted by Gasteiger charge is 2.15. The van der Waals surface area contributed by atoms with E-state index in [1.165, 1.54) is 6.07 Å². The van der Waals surface area contributed by atoms with Gasteiger partial charge in [-0.1, -0.05) is 60.7 Å². The van der Waals surface area contributed by atoms with Gasteiger partial charge in [0.1, 0.15) is 11.6 Å². The van der Waals surface area contributed by atoms with Crippen LogP contribution in [0, 0.1) is 5.82 Å². The largest absolute Gasteiger partial charge is 0.507 e. The minimum Gasteiger partial charge on any atom is -0.507 e. The van der Waals surface area contributed by atoms with Crippen LogP contribution in [0.3, 0.4) is 0 Å². The Hall–Kier alpha value is -2.61. The first-order valence-electron chi connectivity index (χ1n) is 6.39. The predicted octanol–water partition coefficient (Wildman–Crippen LogP) is 4.87. The molecule has 0 bridgehead atoms. The third-order valence-corrected chi connectivity index (χ3v) is 3.27. The molecule has 2 heteroatoms. The summed E-state index contributed by atoms with van der Waals surface area (Å²) in [6.07, 6.45) is 0. The molecular formula is C18H13FO. The summed E-state index contributed by atoms with van der Waals surface area (Å²) in [5.74, 6) is -0.448. The van der Waals surface area contributed by atoms with Crippen molar-refractivity contribution in [3.05, 3.63) is 78.6 Å². The molecule has 20 heavy (non-hydrogen) atoms. The molecule has 3 rings (SSSR count). The summed E-state index contributed by atoms with van der Waals surface area (Å²) in [7, 11) is 0. The molecule has 0 aliphatic heterocycles. The molecule has 1 N–H and O–H groups in total. The van der Waals surface area contributed by atoms with Crippen LogP contribution in [-0.4, -0.2) is 5.11 Å². The summed E-state index contributed by atoms with van der Waals surface area (Å²) in [4.78, 5) is 0. The standard InChI is InChI=1S/C18H13FO/c19-18-15(13-7-3-1-4-8-13)11-12-16(20)17(18)14-9-5-2-6-10-14/h1-12,20H. The molecule has 0 aromatic heterocycles. The lowest BCUT2D eigenvalue weighted by molar-refractivity contribution is 0.472. The van der Waals surface area contributed by atoms with Crippen LogP contribution in [-0.2, 0) is 0 Å². The van der Waals surface area contributed by atoms with Crippen LogP contribution < -0.4 is 0 Å². The van der Waals surface area contributed by atoms with E-state index in [1.807, 2.05) is 48.5 Å². The van der Waals surface area contributed by atoms with E-state index in [4.69, 9.17) is 0 Å². The highest BCUT2D eigenvalue weighted by molar-refractivity contribution is 5.78. The second-order valence-corrected chi connectivity index (χ2v) is 4.55. The van der Waals surface area contributed by atoms with Crippen LogP contribution in [0.1, 0.15) is 0 Å². The zero-order valence-corrected chi connectivity index (χ0v) is 10.8. The third-order valence-electron chi connectivity index (χ3n) is 3.27. The third kappa shape index (κ3) is 2.16. The summed E-state index contributed by atoms with van der Waals surface area (Å²) in [6, 6.07) is 21.5. The average Bonchev–Trinajstić information content (AvgIpc) is 2.49. The first-order valence-corrected chi connectivity index (χ1v) is 6.39. The molecule has 0 spiro atoms. The summed E-state index contributed by atoms with van der Waals surface area (Å²) in [5.41, 5.74) is 2.19. The average molecular weight is 264 g/mol. The Morgan fingerprint density at radius 1 is 0.650 bits per heavy atom. The fourth-order valence-corrected chi connectivity index (χ4v) is 2.29. The molecular weight excluding hydrogens is 251 g/mol. The molecule has 0 heterocycles. The van der Waals surface area contributed by atoms with Gasteiger partial charge in [-0.05, 0) is 23.3 Å². The van der Waals surface area contributed by atoms with E-state index in [0.717, 1.165) is 5.56 Å². The maximum atomic E-state index is 14.7. The molecule has 0 saturated heterocycles. The molecule has 0 atom stereocenters. The lowest BCUT2D eigenvalue weighted by Gasteiger charge is -2.11. The van der Waals surface area contributed by atoms with Gasteiger partial charge in [0.15, 0.2) is 0 Å². The van der Waals surface area contributed by atoms with Crippen molar-refractivity contribution in [3.8, 4) is 28.0 Å². The molecule has 0 aliphatic carbocycles. The molecule has 0 amide bonds. The Morgan fingerprint density at radius 3 is 1.80 bits per heavy atom. The van der Waals surface area contributed by atoms with Gasteiger partial charge in [0.2, 0.25) is 0 Å². The number of aromatic hydroxyl groups is 1. The van der Waals surface area contributed by atoms with Crippen molar-refractivity contribution >= 4 is 0 Å². The van der Waals surface area contributed by atoms with E-state index in [9.17, 15) is 9.50 Å². The van der Waals surface area contributed by atoms with Gasteiger partial charge in [0, 0.05) is 5.56 Å². The summed E-state index contributed by atoms with van der Waals surface area (Å²) in [5, 5.41) is 9.98. The normalized spacial score (nSPS) is 10.4. The number of hydrogen-bond acceptors (Lipinski definition) is 1. The van der Waals surface area contributed by atoms with Crippen molar-refractivity contribution in [2.24, 2.45) is 0 Å². The lowest BCUT2D eigenvalue weighted by atomic mass is 9.97. The highest BCUT2D eigenvalue weighted by Crippen LogP contribution is 2.37. The Bertz CT molecular complexity index is 721. The van der Waals surface area contributed by atoms with Crippen LogP contribution in [0.2, 0.25) is 0 Å². The summed E-state index contributed by atoms with van der Waals surface area (Å²) < 4.78 is 14.7. The van der Waals surface area contributed by atoms with E-state index in [0.29, 0.717) is 11.1 Å². The molecule has 0 aliphatic rings. The number of hydrogen-bond donors (Lipinski definition) is 1. The van der Waals surface area contributed by atoms with Crippen LogP contribution in [0.15, 0.2) is 72.8 Å². The summed E-state index contributed by atoms with van der Waals surface area (Å²) in [6.45, 7) is 0. The molecule has 0 fully saturated rings. The Labute approximate surface area is 117 Å². The molecule has 3 aromatic rings. The van der Waals surface area contributed by atoms with Crippen molar-refractivity contribution in [1.29, 1.82) is 0 Å². The smallest absolute Gasteiger partial charge is 0.142 e. The molecule has 98 valence electrons. The van der Waals surface area contributed by atoms with Gasteiger partial charge >= 0.3 is 0 Å². The van der Waals surface area contributed by atoms with Gasteiger partial charge < -0.3 is 5.11 Å². The number of halogens is 1. The van der Waals surface area contributed by atoms with E-state index in [-0.39, 0.29) is 11.3 Å². The van der Waals surface area contributed by atoms with Gasteiger partial charge in [-0.2, -0.15) is 0 Å². The van der Waals surface area contributed by atoms with Crippen molar-refractivity contribution in [3.63, 3.8) is 0 Å². The molecule has 3 aromatic carbocycles. The van der Waals surface area contributed by atoms with Crippen LogP contribution in [0.5, 0.6) is 5.75 Å². The first-order chi connectivity index (χ1) is 9.77. The van der Waals surface area contributed by atoms with Gasteiger partial charge in [-0.25, -0.2) is 4.39 Å². The number of phenols is 1. The fourth-order valence-electron chi connectivity index (χ4n) is 2.29. The Kier molecular flexibility index (Phi) is 3.21. The second-order valence-electron chi connectivity index (χ2n) is 4.55. The first kappa shape index (κ1) is 12.4.